The van der Waals surface area contributed by atoms with E-state index in [-0.39, 0.29) is 0 Å². The fourth-order valence-corrected chi connectivity index (χ4v) is 2.01. The summed E-state index contributed by atoms with van der Waals surface area (Å²) in [6, 6.07) is 0.418. The van der Waals surface area contributed by atoms with Gasteiger partial charge in [0, 0.05) is 25.5 Å². The van der Waals surface area contributed by atoms with Crippen LogP contribution >= 0.6 is 0 Å². The van der Waals surface area contributed by atoms with Gasteiger partial charge in [0.15, 0.2) is 0 Å². The molecule has 2 rings (SSSR count). The minimum absolute atomic E-state index is 0.398. The van der Waals surface area contributed by atoms with Crippen LogP contribution in [-0.4, -0.2) is 35.4 Å². The van der Waals surface area contributed by atoms with Gasteiger partial charge in [0.25, 0.3) is 0 Å². The van der Waals surface area contributed by atoms with Crippen LogP contribution in [0.4, 0.5) is 0 Å². The molecule has 1 saturated heterocycles. The highest BCUT2D eigenvalue weighted by molar-refractivity contribution is 5.06. The van der Waals surface area contributed by atoms with E-state index >= 15 is 0 Å². The van der Waals surface area contributed by atoms with E-state index < -0.39 is 0 Å². The molecule has 1 aliphatic rings. The molecule has 0 amide bonds. The molecule has 4 heteroatoms. The Bertz CT molecular complexity index is 297. The van der Waals surface area contributed by atoms with Crippen LogP contribution in [0.1, 0.15) is 18.7 Å². The molecule has 1 aromatic rings. The second kappa shape index (κ2) is 4.11. The molecule has 2 heterocycles. The Morgan fingerprint density at radius 3 is 3.14 bits per heavy atom. The number of ether oxygens (including phenoxy) is 1. The Hall–Kier alpha value is -0.870. The molecule has 1 aromatic heterocycles. The van der Waals surface area contributed by atoms with Gasteiger partial charge in [0.2, 0.25) is 0 Å². The lowest BCUT2D eigenvalue weighted by molar-refractivity contribution is 0.187. The smallest absolute Gasteiger partial charge is 0.115 e. The maximum atomic E-state index is 5.49. The summed E-state index contributed by atoms with van der Waals surface area (Å²) in [5.74, 6) is 1.52. The molecule has 0 bridgehead atoms. The molecule has 0 radical (unpaired) electrons. The first-order valence-corrected chi connectivity index (χ1v) is 5.11. The number of nitrogens with zero attached hydrogens (tertiary/aromatic N) is 2. The maximum absolute atomic E-state index is 5.49. The first-order valence-electron chi connectivity index (χ1n) is 5.11. The summed E-state index contributed by atoms with van der Waals surface area (Å²) in [7, 11) is 2.03. The maximum Gasteiger partial charge on any atom is 0.115 e. The second-order valence-electron chi connectivity index (χ2n) is 3.70. The Morgan fingerprint density at radius 1 is 1.64 bits per heavy atom. The lowest BCUT2D eigenvalue weighted by Gasteiger charge is -2.17. The average molecular weight is 195 g/mol. The van der Waals surface area contributed by atoms with E-state index in [1.54, 1.807) is 0 Å². The van der Waals surface area contributed by atoms with Crippen LogP contribution in [0.15, 0.2) is 12.4 Å². The van der Waals surface area contributed by atoms with Crippen molar-refractivity contribution in [3.63, 3.8) is 0 Å². The molecular formula is C10H17N3O. The van der Waals surface area contributed by atoms with Crippen molar-refractivity contribution in [1.29, 1.82) is 0 Å². The molecular weight excluding hydrogens is 178 g/mol. The molecule has 1 N–H and O–H groups in total. The van der Waals surface area contributed by atoms with Gasteiger partial charge in [0.1, 0.15) is 5.82 Å². The van der Waals surface area contributed by atoms with Gasteiger partial charge >= 0.3 is 0 Å². The van der Waals surface area contributed by atoms with Gasteiger partial charge in [-0.3, -0.25) is 0 Å². The lowest BCUT2D eigenvalue weighted by Crippen LogP contribution is -2.35. The summed E-state index contributed by atoms with van der Waals surface area (Å²) in [6.45, 7) is 4.68. The zero-order valence-electron chi connectivity index (χ0n) is 8.73. The molecule has 0 spiro atoms. The number of imidazole rings is 1. The van der Waals surface area contributed by atoms with Crippen molar-refractivity contribution in [2.75, 3.05) is 19.8 Å². The standard InChI is InChI=1S/C10H17N3O/c1-3-11-9-7-14-6-8(9)10-12-4-5-13(10)2/h4-5,8-9,11H,3,6-7H2,1-2H3. The molecule has 1 fully saturated rings. The fourth-order valence-electron chi connectivity index (χ4n) is 2.01. The minimum Gasteiger partial charge on any atom is -0.379 e. The van der Waals surface area contributed by atoms with E-state index in [4.69, 9.17) is 4.74 Å². The van der Waals surface area contributed by atoms with Crippen LogP contribution in [0.5, 0.6) is 0 Å². The molecule has 0 aromatic carbocycles. The van der Waals surface area contributed by atoms with Crippen molar-refractivity contribution < 1.29 is 4.74 Å². The van der Waals surface area contributed by atoms with Crippen molar-refractivity contribution in [3.05, 3.63) is 18.2 Å². The summed E-state index contributed by atoms with van der Waals surface area (Å²) in [6.07, 6.45) is 3.83. The molecule has 0 saturated carbocycles. The molecule has 0 aliphatic carbocycles. The number of nitrogens with one attached hydrogen (secondary N) is 1. The van der Waals surface area contributed by atoms with Gasteiger partial charge in [-0.2, -0.15) is 0 Å². The molecule has 1 aliphatic heterocycles. The van der Waals surface area contributed by atoms with Crippen molar-refractivity contribution in [1.82, 2.24) is 14.9 Å². The zero-order chi connectivity index (χ0) is 9.97. The predicted molar refractivity (Wildman–Crippen MR) is 54.2 cm³/mol. The molecule has 4 nitrogen and oxygen atoms in total. The third-order valence-electron chi connectivity index (χ3n) is 2.74. The molecule has 78 valence electrons. The number of likely N-dealkylation sites (N-methyl/N-ethyl adjacent to an activating group) is 1. The normalized spacial score (nSPS) is 27.0. The highest BCUT2D eigenvalue weighted by Gasteiger charge is 2.31. The van der Waals surface area contributed by atoms with Crippen LogP contribution in [-0.2, 0) is 11.8 Å². The van der Waals surface area contributed by atoms with E-state index in [1.165, 1.54) is 0 Å². The van der Waals surface area contributed by atoms with E-state index in [9.17, 15) is 0 Å². The van der Waals surface area contributed by atoms with E-state index in [0.29, 0.717) is 12.0 Å². The SMILES string of the molecule is CCNC1COCC1c1nccn1C. The Labute approximate surface area is 84.3 Å². The van der Waals surface area contributed by atoms with Crippen LogP contribution in [0.25, 0.3) is 0 Å². The topological polar surface area (TPSA) is 39.1 Å². The van der Waals surface area contributed by atoms with Crippen molar-refractivity contribution in [2.45, 2.75) is 18.9 Å². The number of hydrogen-bond acceptors (Lipinski definition) is 3. The molecule has 14 heavy (non-hydrogen) atoms. The van der Waals surface area contributed by atoms with Crippen LogP contribution in [0.3, 0.4) is 0 Å². The third kappa shape index (κ3) is 1.67. The first kappa shape index (κ1) is 9.68. The second-order valence-corrected chi connectivity index (χ2v) is 3.70. The Balaban J connectivity index is 2.13. The number of aryl methyl sites for hydroxylation is 1. The summed E-state index contributed by atoms with van der Waals surface area (Å²) in [4.78, 5) is 4.37. The van der Waals surface area contributed by atoms with Gasteiger partial charge in [-0.1, -0.05) is 6.92 Å². The summed E-state index contributed by atoms with van der Waals surface area (Å²) in [5, 5.41) is 3.43. The van der Waals surface area contributed by atoms with Crippen LogP contribution < -0.4 is 5.32 Å². The highest BCUT2D eigenvalue weighted by atomic mass is 16.5. The summed E-state index contributed by atoms with van der Waals surface area (Å²) in [5.41, 5.74) is 0. The predicted octanol–water partition coefficient (Wildman–Crippen LogP) is 0.512. The number of hydrogen-bond donors (Lipinski definition) is 1. The summed E-state index contributed by atoms with van der Waals surface area (Å²) < 4.78 is 7.56. The van der Waals surface area contributed by atoms with Crippen molar-refractivity contribution in [2.24, 2.45) is 7.05 Å². The average Bonchev–Trinajstić information content (AvgIpc) is 2.74. The minimum atomic E-state index is 0.398. The Morgan fingerprint density at radius 2 is 2.50 bits per heavy atom. The van der Waals surface area contributed by atoms with Crippen LogP contribution in [0.2, 0.25) is 0 Å². The van der Waals surface area contributed by atoms with Crippen molar-refractivity contribution >= 4 is 0 Å². The van der Waals surface area contributed by atoms with Gasteiger partial charge in [0.05, 0.1) is 19.1 Å². The van der Waals surface area contributed by atoms with Crippen LogP contribution in [0, 0.1) is 0 Å². The monoisotopic (exact) mass is 195 g/mol. The first-order chi connectivity index (χ1) is 6.83. The lowest BCUT2D eigenvalue weighted by atomic mass is 10.0. The van der Waals surface area contributed by atoms with Gasteiger partial charge < -0.3 is 14.6 Å². The number of rotatable bonds is 3. The number of aromatic nitrogens is 2. The van der Waals surface area contributed by atoms with E-state index in [2.05, 4.69) is 21.8 Å². The van der Waals surface area contributed by atoms with Gasteiger partial charge in [-0.15, -0.1) is 0 Å². The van der Waals surface area contributed by atoms with Crippen molar-refractivity contribution in [3.8, 4) is 0 Å². The quantitative estimate of drug-likeness (QED) is 0.764. The largest absolute Gasteiger partial charge is 0.379 e. The highest BCUT2D eigenvalue weighted by Crippen LogP contribution is 2.23. The third-order valence-corrected chi connectivity index (χ3v) is 2.74. The zero-order valence-corrected chi connectivity index (χ0v) is 8.73. The molecule has 2 atom stereocenters. The van der Waals surface area contributed by atoms with E-state index in [1.807, 2.05) is 19.4 Å². The molecule has 2 unspecified atom stereocenters. The van der Waals surface area contributed by atoms with Gasteiger partial charge in [-0.25, -0.2) is 4.98 Å². The Kier molecular flexibility index (Phi) is 2.84. The van der Waals surface area contributed by atoms with E-state index in [0.717, 1.165) is 25.6 Å². The summed E-state index contributed by atoms with van der Waals surface area (Å²) >= 11 is 0. The fraction of sp³-hybridized carbons (Fsp3) is 0.700. The van der Waals surface area contributed by atoms with Gasteiger partial charge in [-0.05, 0) is 6.54 Å².